The van der Waals surface area contributed by atoms with Gasteiger partial charge in [-0.2, -0.15) is 0 Å². The van der Waals surface area contributed by atoms with Crippen LogP contribution in [-0.4, -0.2) is 21.0 Å². The van der Waals surface area contributed by atoms with Gasteiger partial charge in [0.05, 0.1) is 12.4 Å². The molecular formula is C11H9ClN4O2. The lowest BCUT2D eigenvalue weighted by Crippen LogP contribution is -2.15. The van der Waals surface area contributed by atoms with Crippen molar-refractivity contribution in [1.29, 1.82) is 0 Å². The van der Waals surface area contributed by atoms with Gasteiger partial charge in [0.1, 0.15) is 11.4 Å². The zero-order valence-corrected chi connectivity index (χ0v) is 9.87. The van der Waals surface area contributed by atoms with Crippen molar-refractivity contribution in [3.05, 3.63) is 47.4 Å². The van der Waals surface area contributed by atoms with Gasteiger partial charge in [0.25, 0.3) is 0 Å². The molecule has 7 heteroatoms. The first kappa shape index (κ1) is 12.1. The standard InChI is InChI=1S/C11H9ClN4O2/c12-7-1-3-8(4-2-7)18-10-6-14-9(5-15-10)11(13)16-17/h1-6,17H,(H2,13,16). The van der Waals surface area contributed by atoms with Crippen molar-refractivity contribution in [3.8, 4) is 11.6 Å². The van der Waals surface area contributed by atoms with Gasteiger partial charge in [0.2, 0.25) is 5.88 Å². The Morgan fingerprint density at radius 3 is 2.50 bits per heavy atom. The molecule has 2 aromatic rings. The summed E-state index contributed by atoms with van der Waals surface area (Å²) in [5.74, 6) is 0.776. The number of hydrogen-bond donors (Lipinski definition) is 2. The van der Waals surface area contributed by atoms with Gasteiger partial charge in [-0.3, -0.25) is 0 Å². The lowest BCUT2D eigenvalue weighted by molar-refractivity contribution is 0.318. The molecule has 0 atom stereocenters. The monoisotopic (exact) mass is 264 g/mol. The highest BCUT2D eigenvalue weighted by Crippen LogP contribution is 2.20. The molecule has 0 spiro atoms. The second kappa shape index (κ2) is 5.33. The number of amidine groups is 1. The summed E-state index contributed by atoms with van der Waals surface area (Å²) in [4.78, 5) is 7.91. The summed E-state index contributed by atoms with van der Waals surface area (Å²) in [5, 5.41) is 11.9. The van der Waals surface area contributed by atoms with Crippen LogP contribution in [0.15, 0.2) is 41.8 Å². The van der Waals surface area contributed by atoms with Gasteiger partial charge in [-0.05, 0) is 24.3 Å². The minimum atomic E-state index is -0.111. The van der Waals surface area contributed by atoms with Gasteiger partial charge in [-0.1, -0.05) is 16.8 Å². The Hall–Kier alpha value is -2.34. The zero-order chi connectivity index (χ0) is 13.0. The van der Waals surface area contributed by atoms with E-state index in [4.69, 9.17) is 27.3 Å². The van der Waals surface area contributed by atoms with Gasteiger partial charge >= 0.3 is 0 Å². The Bertz CT molecular complexity index is 554. The van der Waals surface area contributed by atoms with Crippen molar-refractivity contribution in [2.75, 3.05) is 0 Å². The van der Waals surface area contributed by atoms with Gasteiger partial charge in [-0.15, -0.1) is 0 Å². The maximum absolute atomic E-state index is 8.47. The molecule has 0 unspecified atom stereocenters. The highest BCUT2D eigenvalue weighted by molar-refractivity contribution is 6.30. The highest BCUT2D eigenvalue weighted by Gasteiger charge is 2.03. The van der Waals surface area contributed by atoms with E-state index in [9.17, 15) is 0 Å². The normalized spacial score (nSPS) is 11.3. The first-order chi connectivity index (χ1) is 8.69. The van der Waals surface area contributed by atoms with E-state index in [2.05, 4.69) is 15.1 Å². The van der Waals surface area contributed by atoms with E-state index in [0.29, 0.717) is 16.7 Å². The summed E-state index contributed by atoms with van der Waals surface area (Å²) in [5.41, 5.74) is 5.62. The molecule has 0 aliphatic heterocycles. The van der Waals surface area contributed by atoms with Gasteiger partial charge in [-0.25, -0.2) is 9.97 Å². The molecule has 0 aliphatic carbocycles. The molecule has 92 valence electrons. The van der Waals surface area contributed by atoms with Crippen LogP contribution < -0.4 is 10.5 Å². The second-order valence-electron chi connectivity index (χ2n) is 3.28. The minimum Gasteiger partial charge on any atom is -0.438 e. The van der Waals surface area contributed by atoms with E-state index in [-0.39, 0.29) is 11.5 Å². The second-order valence-corrected chi connectivity index (χ2v) is 3.72. The number of rotatable bonds is 3. The maximum atomic E-state index is 8.47. The van der Waals surface area contributed by atoms with Crippen molar-refractivity contribution < 1.29 is 9.94 Å². The van der Waals surface area contributed by atoms with E-state index < -0.39 is 0 Å². The summed E-state index contributed by atoms with van der Waals surface area (Å²) in [7, 11) is 0. The van der Waals surface area contributed by atoms with Crippen LogP contribution in [0.3, 0.4) is 0 Å². The minimum absolute atomic E-state index is 0.111. The summed E-state index contributed by atoms with van der Waals surface area (Å²) in [6, 6.07) is 6.83. The van der Waals surface area contributed by atoms with Gasteiger partial charge in [0, 0.05) is 5.02 Å². The number of hydrogen-bond acceptors (Lipinski definition) is 5. The SMILES string of the molecule is NC(=NO)c1cnc(Oc2ccc(Cl)cc2)cn1. The largest absolute Gasteiger partial charge is 0.438 e. The van der Waals surface area contributed by atoms with Crippen LogP contribution in [0.5, 0.6) is 11.6 Å². The molecule has 1 heterocycles. The Labute approximate surface area is 108 Å². The van der Waals surface area contributed by atoms with E-state index in [0.717, 1.165) is 0 Å². The average Bonchev–Trinajstić information content (AvgIpc) is 2.41. The number of ether oxygens (including phenoxy) is 1. The third-order valence-corrected chi connectivity index (χ3v) is 2.29. The summed E-state index contributed by atoms with van der Waals surface area (Å²) < 4.78 is 5.43. The van der Waals surface area contributed by atoms with Crippen molar-refractivity contribution >= 4 is 17.4 Å². The summed E-state index contributed by atoms with van der Waals surface area (Å²) in [6.45, 7) is 0. The molecule has 0 amide bonds. The predicted molar refractivity (Wildman–Crippen MR) is 66.1 cm³/mol. The molecule has 3 N–H and O–H groups in total. The fourth-order valence-electron chi connectivity index (χ4n) is 1.18. The molecular weight excluding hydrogens is 256 g/mol. The fourth-order valence-corrected chi connectivity index (χ4v) is 1.30. The van der Waals surface area contributed by atoms with Crippen LogP contribution in [0, 0.1) is 0 Å². The number of nitrogens with zero attached hydrogens (tertiary/aromatic N) is 3. The fraction of sp³-hybridized carbons (Fsp3) is 0. The maximum Gasteiger partial charge on any atom is 0.237 e. The smallest absolute Gasteiger partial charge is 0.237 e. The Morgan fingerprint density at radius 1 is 1.22 bits per heavy atom. The number of halogens is 1. The first-order valence-corrected chi connectivity index (χ1v) is 5.30. The lowest BCUT2D eigenvalue weighted by atomic mass is 10.3. The van der Waals surface area contributed by atoms with E-state index in [1.165, 1.54) is 12.4 Å². The van der Waals surface area contributed by atoms with E-state index in [1.54, 1.807) is 24.3 Å². The third-order valence-electron chi connectivity index (χ3n) is 2.03. The molecule has 18 heavy (non-hydrogen) atoms. The number of benzene rings is 1. The molecule has 2 rings (SSSR count). The van der Waals surface area contributed by atoms with Crippen molar-refractivity contribution in [2.45, 2.75) is 0 Å². The van der Waals surface area contributed by atoms with Crippen molar-refractivity contribution in [2.24, 2.45) is 10.9 Å². The average molecular weight is 265 g/mol. The van der Waals surface area contributed by atoms with Crippen molar-refractivity contribution in [3.63, 3.8) is 0 Å². The zero-order valence-electron chi connectivity index (χ0n) is 9.12. The van der Waals surface area contributed by atoms with Gasteiger partial charge < -0.3 is 15.7 Å². The molecule has 0 fully saturated rings. The van der Waals surface area contributed by atoms with Crippen LogP contribution in [0.1, 0.15) is 5.69 Å². The van der Waals surface area contributed by atoms with E-state index >= 15 is 0 Å². The molecule has 6 nitrogen and oxygen atoms in total. The lowest BCUT2D eigenvalue weighted by Gasteiger charge is -2.04. The summed E-state index contributed by atoms with van der Waals surface area (Å²) >= 11 is 5.75. The molecule has 0 bridgehead atoms. The molecule has 1 aromatic heterocycles. The number of aromatic nitrogens is 2. The van der Waals surface area contributed by atoms with Crippen LogP contribution in [0.25, 0.3) is 0 Å². The predicted octanol–water partition coefficient (Wildman–Crippen LogP) is 2.02. The van der Waals surface area contributed by atoms with Crippen LogP contribution in [-0.2, 0) is 0 Å². The van der Waals surface area contributed by atoms with Crippen LogP contribution >= 0.6 is 11.6 Å². The Balaban J connectivity index is 2.13. The Kier molecular flexibility index (Phi) is 3.59. The third kappa shape index (κ3) is 2.86. The highest BCUT2D eigenvalue weighted by atomic mass is 35.5. The molecule has 0 radical (unpaired) electrons. The van der Waals surface area contributed by atoms with E-state index in [1.807, 2.05) is 0 Å². The topological polar surface area (TPSA) is 93.6 Å². The molecule has 1 aromatic carbocycles. The molecule has 0 saturated carbocycles. The quantitative estimate of drug-likeness (QED) is 0.383. The van der Waals surface area contributed by atoms with Crippen molar-refractivity contribution in [1.82, 2.24) is 9.97 Å². The number of oxime groups is 1. The van der Waals surface area contributed by atoms with Crippen LogP contribution in [0.4, 0.5) is 0 Å². The number of nitrogens with two attached hydrogens (primary N) is 1. The molecule has 0 aliphatic rings. The summed E-state index contributed by atoms with van der Waals surface area (Å²) in [6.07, 6.45) is 2.72. The molecule has 0 saturated heterocycles. The first-order valence-electron chi connectivity index (χ1n) is 4.92. The van der Waals surface area contributed by atoms with Crippen LogP contribution in [0.2, 0.25) is 5.02 Å². The van der Waals surface area contributed by atoms with Gasteiger partial charge in [0.15, 0.2) is 5.84 Å². The Morgan fingerprint density at radius 2 is 1.94 bits per heavy atom.